The molecule has 0 aliphatic rings. The van der Waals surface area contributed by atoms with Crippen LogP contribution >= 0.6 is 0 Å². The van der Waals surface area contributed by atoms with E-state index in [2.05, 4.69) is 15.3 Å². The van der Waals surface area contributed by atoms with Crippen molar-refractivity contribution >= 4 is 23.4 Å². The number of nitrogens with zero attached hydrogens (tertiary/aromatic N) is 2. The maximum absolute atomic E-state index is 12.7. The molecule has 0 aliphatic heterocycles. The van der Waals surface area contributed by atoms with Gasteiger partial charge in [-0.15, -0.1) is 0 Å². The zero-order valence-electron chi connectivity index (χ0n) is 19.6. The van der Waals surface area contributed by atoms with Gasteiger partial charge in [0.2, 0.25) is 11.9 Å². The van der Waals surface area contributed by atoms with Gasteiger partial charge in [0.05, 0.1) is 30.9 Å². The SMILES string of the molecule is Nc1nc(N)c(-c2ccc(NC(=O)Cc3ccc(C(F)(F)F)cc3)cc2)c(COCc2ccccc2)n1. The van der Waals surface area contributed by atoms with Crippen molar-refractivity contribution in [2.75, 3.05) is 16.8 Å². The Labute approximate surface area is 211 Å². The van der Waals surface area contributed by atoms with Crippen LogP contribution in [-0.4, -0.2) is 15.9 Å². The monoisotopic (exact) mass is 507 g/mol. The summed E-state index contributed by atoms with van der Waals surface area (Å²) < 4.78 is 44.0. The maximum atomic E-state index is 12.7. The van der Waals surface area contributed by atoms with Crippen molar-refractivity contribution in [3.8, 4) is 11.1 Å². The van der Waals surface area contributed by atoms with Crippen molar-refractivity contribution in [3.05, 3.63) is 101 Å². The lowest BCUT2D eigenvalue weighted by Gasteiger charge is -2.13. The molecule has 190 valence electrons. The van der Waals surface area contributed by atoms with Crippen LogP contribution in [0.3, 0.4) is 0 Å². The zero-order chi connectivity index (χ0) is 26.4. The van der Waals surface area contributed by atoms with Crippen LogP contribution in [0, 0.1) is 0 Å². The van der Waals surface area contributed by atoms with E-state index in [1.54, 1.807) is 24.3 Å². The molecule has 37 heavy (non-hydrogen) atoms. The number of halogens is 3. The topological polar surface area (TPSA) is 116 Å². The molecular formula is C27H24F3N5O2. The largest absolute Gasteiger partial charge is 0.416 e. The van der Waals surface area contributed by atoms with Crippen molar-refractivity contribution in [2.45, 2.75) is 25.8 Å². The smallest absolute Gasteiger partial charge is 0.383 e. The van der Waals surface area contributed by atoms with Crippen LogP contribution in [0.4, 0.5) is 30.6 Å². The number of ether oxygens (including phenoxy) is 1. The first-order valence-electron chi connectivity index (χ1n) is 11.3. The molecule has 0 unspecified atom stereocenters. The summed E-state index contributed by atoms with van der Waals surface area (Å²) in [7, 11) is 0. The molecule has 4 rings (SSSR count). The fraction of sp³-hybridized carbons (Fsp3) is 0.148. The molecule has 5 N–H and O–H groups in total. The molecule has 3 aromatic carbocycles. The average Bonchev–Trinajstić information content (AvgIpc) is 2.85. The molecule has 0 saturated carbocycles. The number of carbonyl (C=O) groups is 1. The van der Waals surface area contributed by atoms with Crippen molar-refractivity contribution in [3.63, 3.8) is 0 Å². The minimum absolute atomic E-state index is 0.0340. The van der Waals surface area contributed by atoms with Gasteiger partial charge in [0, 0.05) is 11.3 Å². The molecule has 0 aliphatic carbocycles. The highest BCUT2D eigenvalue weighted by Gasteiger charge is 2.30. The highest BCUT2D eigenvalue weighted by molar-refractivity contribution is 5.92. The van der Waals surface area contributed by atoms with Gasteiger partial charge in [-0.2, -0.15) is 18.2 Å². The summed E-state index contributed by atoms with van der Waals surface area (Å²) in [6, 6.07) is 21.0. The predicted molar refractivity (Wildman–Crippen MR) is 135 cm³/mol. The Balaban J connectivity index is 1.43. The molecule has 0 fully saturated rings. The van der Waals surface area contributed by atoms with E-state index in [0.717, 1.165) is 17.7 Å². The number of rotatable bonds is 8. The van der Waals surface area contributed by atoms with E-state index in [9.17, 15) is 18.0 Å². The third-order valence-corrected chi connectivity index (χ3v) is 5.48. The molecule has 4 aromatic rings. The lowest BCUT2D eigenvalue weighted by molar-refractivity contribution is -0.137. The molecule has 1 heterocycles. The van der Waals surface area contributed by atoms with Gasteiger partial charge in [0.25, 0.3) is 0 Å². The van der Waals surface area contributed by atoms with Gasteiger partial charge in [0.1, 0.15) is 5.82 Å². The Morgan fingerprint density at radius 1 is 0.838 bits per heavy atom. The van der Waals surface area contributed by atoms with Crippen LogP contribution in [-0.2, 0) is 35.3 Å². The van der Waals surface area contributed by atoms with E-state index in [4.69, 9.17) is 16.2 Å². The van der Waals surface area contributed by atoms with E-state index in [1.165, 1.54) is 12.1 Å². The molecule has 0 radical (unpaired) electrons. The van der Waals surface area contributed by atoms with Crippen molar-refractivity contribution in [2.24, 2.45) is 0 Å². The normalized spacial score (nSPS) is 11.3. The average molecular weight is 508 g/mol. The highest BCUT2D eigenvalue weighted by atomic mass is 19.4. The summed E-state index contributed by atoms with van der Waals surface area (Å²) in [6.45, 7) is 0.542. The highest BCUT2D eigenvalue weighted by Crippen LogP contribution is 2.31. The van der Waals surface area contributed by atoms with Gasteiger partial charge in [-0.1, -0.05) is 54.6 Å². The second kappa shape index (κ2) is 11.1. The molecule has 10 heteroatoms. The Bertz CT molecular complexity index is 1360. The van der Waals surface area contributed by atoms with Crippen LogP contribution in [0.5, 0.6) is 0 Å². The van der Waals surface area contributed by atoms with Gasteiger partial charge >= 0.3 is 6.18 Å². The molecule has 1 amide bonds. The van der Waals surface area contributed by atoms with Crippen LogP contribution in [0.1, 0.15) is 22.4 Å². The van der Waals surface area contributed by atoms with Crippen LogP contribution < -0.4 is 16.8 Å². The number of hydrogen-bond acceptors (Lipinski definition) is 6. The Kier molecular flexibility index (Phi) is 7.69. The first-order valence-corrected chi connectivity index (χ1v) is 11.3. The second-order valence-corrected chi connectivity index (χ2v) is 8.26. The van der Waals surface area contributed by atoms with E-state index < -0.39 is 11.7 Å². The molecule has 0 spiro atoms. The Morgan fingerprint density at radius 3 is 2.16 bits per heavy atom. The first-order chi connectivity index (χ1) is 17.7. The van der Waals surface area contributed by atoms with Gasteiger partial charge in [0.15, 0.2) is 0 Å². The fourth-order valence-electron chi connectivity index (χ4n) is 3.73. The Morgan fingerprint density at radius 2 is 1.51 bits per heavy atom. The van der Waals surface area contributed by atoms with Gasteiger partial charge in [-0.3, -0.25) is 4.79 Å². The van der Waals surface area contributed by atoms with Gasteiger partial charge in [-0.05, 0) is 41.0 Å². The lowest BCUT2D eigenvalue weighted by Crippen LogP contribution is -2.14. The summed E-state index contributed by atoms with van der Waals surface area (Å²) in [5, 5.41) is 2.74. The number of carbonyl (C=O) groups excluding carboxylic acids is 1. The van der Waals surface area contributed by atoms with E-state index in [0.29, 0.717) is 34.7 Å². The van der Waals surface area contributed by atoms with Crippen molar-refractivity contribution in [1.29, 1.82) is 0 Å². The number of anilines is 3. The number of aromatic nitrogens is 2. The summed E-state index contributed by atoms with van der Waals surface area (Å²) in [6.07, 6.45) is -4.49. The molecule has 0 atom stereocenters. The standard InChI is InChI=1S/C27H24F3N5O2/c28-27(29,30)20-10-6-17(7-11-20)14-23(36)33-21-12-8-19(9-13-21)24-22(34-26(32)35-25(24)31)16-37-15-18-4-2-1-3-5-18/h1-13H,14-16H2,(H,33,36)(H4,31,32,34,35). The minimum atomic E-state index is -4.42. The van der Waals surface area contributed by atoms with Crippen molar-refractivity contribution < 1.29 is 22.7 Å². The summed E-state index contributed by atoms with van der Waals surface area (Å²) in [5.41, 5.74) is 15.0. The summed E-state index contributed by atoms with van der Waals surface area (Å²) >= 11 is 0. The second-order valence-electron chi connectivity index (χ2n) is 8.26. The van der Waals surface area contributed by atoms with E-state index in [1.807, 2.05) is 30.3 Å². The zero-order valence-corrected chi connectivity index (χ0v) is 19.6. The number of alkyl halides is 3. The minimum Gasteiger partial charge on any atom is -0.383 e. The summed E-state index contributed by atoms with van der Waals surface area (Å²) in [4.78, 5) is 20.8. The number of hydrogen-bond donors (Lipinski definition) is 3. The number of nitrogen functional groups attached to an aromatic ring is 2. The fourth-order valence-corrected chi connectivity index (χ4v) is 3.73. The first kappa shape index (κ1) is 25.6. The third kappa shape index (κ3) is 6.83. The van der Waals surface area contributed by atoms with E-state index in [-0.39, 0.29) is 30.7 Å². The van der Waals surface area contributed by atoms with Gasteiger partial charge < -0.3 is 21.5 Å². The maximum Gasteiger partial charge on any atom is 0.416 e. The summed E-state index contributed by atoms with van der Waals surface area (Å²) in [5.74, 6) is -0.130. The number of benzene rings is 3. The van der Waals surface area contributed by atoms with Gasteiger partial charge in [-0.25, -0.2) is 4.98 Å². The lowest BCUT2D eigenvalue weighted by atomic mass is 10.0. The molecule has 0 bridgehead atoms. The molecule has 0 saturated heterocycles. The van der Waals surface area contributed by atoms with E-state index >= 15 is 0 Å². The molecule has 1 aromatic heterocycles. The molecular weight excluding hydrogens is 483 g/mol. The number of nitrogens with one attached hydrogen (secondary N) is 1. The third-order valence-electron chi connectivity index (χ3n) is 5.48. The van der Waals surface area contributed by atoms with Crippen LogP contribution in [0.15, 0.2) is 78.9 Å². The number of nitrogens with two attached hydrogens (primary N) is 2. The Hall–Kier alpha value is -4.44. The predicted octanol–water partition coefficient (Wildman–Crippen LogP) is 5.22. The van der Waals surface area contributed by atoms with Crippen LogP contribution in [0.2, 0.25) is 0 Å². The molecule has 7 nitrogen and oxygen atoms in total. The van der Waals surface area contributed by atoms with Crippen LogP contribution in [0.25, 0.3) is 11.1 Å². The van der Waals surface area contributed by atoms with Crippen molar-refractivity contribution in [1.82, 2.24) is 9.97 Å². The quantitative estimate of drug-likeness (QED) is 0.301. The number of amides is 1.